The average molecular weight is 366 g/mol. The first kappa shape index (κ1) is 17.2. The first-order valence-electron chi connectivity index (χ1n) is 8.98. The number of carbonyl (C=O) groups is 1. The second-order valence-electron chi connectivity index (χ2n) is 6.84. The number of anilines is 1. The van der Waals surface area contributed by atoms with Gasteiger partial charge in [0, 0.05) is 12.2 Å². The van der Waals surface area contributed by atoms with Crippen molar-refractivity contribution in [1.82, 2.24) is 4.98 Å². The van der Waals surface area contributed by atoms with Crippen molar-refractivity contribution >= 4 is 32.6 Å². The molecule has 3 aromatic rings. The van der Waals surface area contributed by atoms with Crippen LogP contribution in [-0.2, 0) is 4.74 Å². The van der Waals surface area contributed by atoms with Crippen molar-refractivity contribution in [3.05, 3.63) is 59.2 Å². The van der Waals surface area contributed by atoms with Crippen LogP contribution in [-0.4, -0.2) is 30.1 Å². The van der Waals surface area contributed by atoms with Gasteiger partial charge in [0.05, 0.1) is 22.9 Å². The standard InChI is InChI=1S/C21H22N2O2S/c1-14-11-15(2)19-18(12-14)22-21(26-19)23(13-17-9-6-10-25-17)20(24)16-7-4-3-5-8-16/h3-5,7-8,11-12,17H,6,9-10,13H2,1-2H3. The summed E-state index contributed by atoms with van der Waals surface area (Å²) in [7, 11) is 0. The second-order valence-corrected chi connectivity index (χ2v) is 7.82. The summed E-state index contributed by atoms with van der Waals surface area (Å²) in [6, 6.07) is 13.7. The van der Waals surface area contributed by atoms with Gasteiger partial charge in [0.25, 0.3) is 5.91 Å². The number of carbonyl (C=O) groups excluding carboxylic acids is 1. The first-order valence-corrected chi connectivity index (χ1v) is 9.80. The number of hydrogen-bond acceptors (Lipinski definition) is 4. The van der Waals surface area contributed by atoms with E-state index in [1.54, 1.807) is 16.2 Å². The van der Waals surface area contributed by atoms with Crippen LogP contribution >= 0.6 is 11.3 Å². The Labute approximate surface area is 157 Å². The fraction of sp³-hybridized carbons (Fsp3) is 0.333. The summed E-state index contributed by atoms with van der Waals surface area (Å²) in [5.74, 6) is -0.0190. The summed E-state index contributed by atoms with van der Waals surface area (Å²) >= 11 is 1.59. The summed E-state index contributed by atoms with van der Waals surface area (Å²) in [4.78, 5) is 19.8. The van der Waals surface area contributed by atoms with Crippen LogP contribution in [0.1, 0.15) is 34.3 Å². The van der Waals surface area contributed by atoms with Crippen LogP contribution < -0.4 is 4.90 Å². The number of hydrogen-bond donors (Lipinski definition) is 0. The van der Waals surface area contributed by atoms with Gasteiger partial charge in [-0.2, -0.15) is 0 Å². The predicted octanol–water partition coefficient (Wildman–Crippen LogP) is 4.74. The lowest BCUT2D eigenvalue weighted by atomic mass is 10.1. The molecule has 0 aliphatic carbocycles. The average Bonchev–Trinajstić information content (AvgIpc) is 3.29. The Bertz CT molecular complexity index is 930. The Kier molecular flexibility index (Phi) is 4.74. The van der Waals surface area contributed by atoms with Crippen LogP contribution in [0.2, 0.25) is 0 Å². The zero-order chi connectivity index (χ0) is 18.1. The van der Waals surface area contributed by atoms with Crippen LogP contribution in [0.5, 0.6) is 0 Å². The van der Waals surface area contributed by atoms with E-state index in [9.17, 15) is 4.79 Å². The molecular formula is C21H22N2O2S. The molecule has 26 heavy (non-hydrogen) atoms. The number of benzene rings is 2. The molecule has 0 radical (unpaired) electrons. The first-order chi connectivity index (χ1) is 12.6. The van der Waals surface area contributed by atoms with Crippen LogP contribution in [0.4, 0.5) is 5.13 Å². The van der Waals surface area contributed by atoms with Gasteiger partial charge < -0.3 is 4.74 Å². The lowest BCUT2D eigenvalue weighted by Gasteiger charge is -2.23. The van der Waals surface area contributed by atoms with Crippen molar-refractivity contribution in [3.63, 3.8) is 0 Å². The maximum Gasteiger partial charge on any atom is 0.260 e. The number of fused-ring (bicyclic) bond motifs is 1. The highest BCUT2D eigenvalue weighted by Crippen LogP contribution is 2.33. The number of rotatable bonds is 4. The van der Waals surface area contributed by atoms with Crippen LogP contribution in [0, 0.1) is 13.8 Å². The van der Waals surface area contributed by atoms with Crippen molar-refractivity contribution in [3.8, 4) is 0 Å². The molecule has 1 aliphatic heterocycles. The third-order valence-corrected chi connectivity index (χ3v) is 5.95. The van der Waals surface area contributed by atoms with Gasteiger partial charge >= 0.3 is 0 Å². The molecule has 1 atom stereocenters. The van der Waals surface area contributed by atoms with E-state index in [4.69, 9.17) is 9.72 Å². The fourth-order valence-corrected chi connectivity index (χ4v) is 4.48. The normalized spacial score (nSPS) is 16.9. The third kappa shape index (κ3) is 3.37. The van der Waals surface area contributed by atoms with E-state index in [-0.39, 0.29) is 12.0 Å². The minimum Gasteiger partial charge on any atom is -0.376 e. The van der Waals surface area contributed by atoms with Gasteiger partial charge in [0.2, 0.25) is 0 Å². The van der Waals surface area contributed by atoms with E-state index in [0.717, 1.165) is 34.8 Å². The molecule has 0 N–H and O–H groups in total. The van der Waals surface area contributed by atoms with Crippen LogP contribution in [0.15, 0.2) is 42.5 Å². The highest BCUT2D eigenvalue weighted by molar-refractivity contribution is 7.22. The maximum atomic E-state index is 13.2. The molecule has 1 saturated heterocycles. The third-order valence-electron chi connectivity index (χ3n) is 4.72. The predicted molar refractivity (Wildman–Crippen MR) is 106 cm³/mol. The molecule has 5 heteroatoms. The summed E-state index contributed by atoms with van der Waals surface area (Å²) < 4.78 is 6.93. The molecular weight excluding hydrogens is 344 g/mol. The van der Waals surface area contributed by atoms with Crippen molar-refractivity contribution in [2.75, 3.05) is 18.1 Å². The molecule has 0 bridgehead atoms. The van der Waals surface area contributed by atoms with Crippen LogP contribution in [0.3, 0.4) is 0 Å². The van der Waals surface area contributed by atoms with E-state index < -0.39 is 0 Å². The molecule has 2 aromatic carbocycles. The molecule has 1 amide bonds. The summed E-state index contributed by atoms with van der Waals surface area (Å²) in [6.45, 7) is 5.49. The molecule has 0 spiro atoms. The lowest BCUT2D eigenvalue weighted by molar-refractivity contribution is 0.0917. The topological polar surface area (TPSA) is 42.4 Å². The van der Waals surface area contributed by atoms with E-state index >= 15 is 0 Å². The smallest absolute Gasteiger partial charge is 0.260 e. The quantitative estimate of drug-likeness (QED) is 0.670. The Morgan fingerprint density at radius 1 is 1.27 bits per heavy atom. The lowest BCUT2D eigenvalue weighted by Crippen LogP contribution is -2.37. The van der Waals surface area contributed by atoms with Gasteiger partial charge in [-0.25, -0.2) is 4.98 Å². The Morgan fingerprint density at radius 3 is 2.81 bits per heavy atom. The molecule has 1 aromatic heterocycles. The van der Waals surface area contributed by atoms with Gasteiger partial charge in [-0.15, -0.1) is 0 Å². The van der Waals surface area contributed by atoms with E-state index in [1.165, 1.54) is 11.1 Å². The largest absolute Gasteiger partial charge is 0.376 e. The molecule has 1 fully saturated rings. The number of aromatic nitrogens is 1. The zero-order valence-corrected chi connectivity index (χ0v) is 15.9. The highest BCUT2D eigenvalue weighted by Gasteiger charge is 2.27. The highest BCUT2D eigenvalue weighted by atomic mass is 32.1. The number of amides is 1. The minimum atomic E-state index is -0.0190. The molecule has 4 nitrogen and oxygen atoms in total. The Morgan fingerprint density at radius 2 is 2.08 bits per heavy atom. The summed E-state index contributed by atoms with van der Waals surface area (Å²) in [5, 5.41) is 0.748. The van der Waals surface area contributed by atoms with Gasteiger partial charge in [-0.05, 0) is 56.0 Å². The molecule has 134 valence electrons. The Balaban J connectivity index is 1.74. The van der Waals surface area contributed by atoms with Crippen LogP contribution in [0.25, 0.3) is 10.2 Å². The fourth-order valence-electron chi connectivity index (χ4n) is 3.46. The van der Waals surface area contributed by atoms with Gasteiger partial charge in [0.15, 0.2) is 5.13 Å². The van der Waals surface area contributed by atoms with Crippen molar-refractivity contribution in [1.29, 1.82) is 0 Å². The van der Waals surface area contributed by atoms with E-state index in [2.05, 4.69) is 26.0 Å². The van der Waals surface area contributed by atoms with E-state index in [1.807, 2.05) is 30.3 Å². The number of ether oxygens (including phenoxy) is 1. The number of thiazole rings is 1. The zero-order valence-electron chi connectivity index (χ0n) is 15.1. The summed E-state index contributed by atoms with van der Waals surface area (Å²) in [5.41, 5.74) is 4.03. The minimum absolute atomic E-state index is 0.0190. The van der Waals surface area contributed by atoms with E-state index in [0.29, 0.717) is 12.1 Å². The SMILES string of the molecule is Cc1cc(C)c2sc(N(CC3CCCO3)C(=O)c3ccccc3)nc2c1. The molecule has 2 heterocycles. The van der Waals surface area contributed by atoms with Crippen molar-refractivity contribution < 1.29 is 9.53 Å². The summed E-state index contributed by atoms with van der Waals surface area (Å²) in [6.07, 6.45) is 2.12. The number of aryl methyl sites for hydroxylation is 2. The molecule has 1 aliphatic rings. The molecule has 1 unspecified atom stereocenters. The Hall–Kier alpha value is -2.24. The van der Waals surface area contributed by atoms with Gasteiger partial charge in [0.1, 0.15) is 0 Å². The van der Waals surface area contributed by atoms with Gasteiger partial charge in [-0.3, -0.25) is 9.69 Å². The van der Waals surface area contributed by atoms with Crippen molar-refractivity contribution in [2.24, 2.45) is 0 Å². The molecule has 4 rings (SSSR count). The number of nitrogens with zero attached hydrogens (tertiary/aromatic N) is 2. The maximum absolute atomic E-state index is 13.2. The van der Waals surface area contributed by atoms with Gasteiger partial charge in [-0.1, -0.05) is 35.6 Å². The second kappa shape index (κ2) is 7.17. The molecule has 0 saturated carbocycles. The van der Waals surface area contributed by atoms with Crippen molar-refractivity contribution in [2.45, 2.75) is 32.8 Å². The monoisotopic (exact) mass is 366 g/mol.